The molecule has 0 saturated heterocycles. The molecule has 0 atom stereocenters. The minimum absolute atomic E-state index is 0.0931. The molecule has 0 spiro atoms. The van der Waals surface area contributed by atoms with Gasteiger partial charge in [-0.3, -0.25) is 4.79 Å². The molecule has 0 aliphatic rings. The van der Waals surface area contributed by atoms with Gasteiger partial charge in [0.2, 0.25) is 0 Å². The van der Waals surface area contributed by atoms with Gasteiger partial charge in [-0.05, 0) is 37.1 Å². The van der Waals surface area contributed by atoms with Gasteiger partial charge < -0.3 is 4.57 Å². The van der Waals surface area contributed by atoms with E-state index in [9.17, 15) is 4.79 Å². The normalized spacial score (nSPS) is 11.0. The summed E-state index contributed by atoms with van der Waals surface area (Å²) in [7, 11) is 0. The first-order valence-corrected chi connectivity index (χ1v) is 7.28. The minimum atomic E-state index is 0.0931. The number of carbonyl (C=O) groups excluding carboxylic acids is 1. The SMILES string of the molecule is Cc1ccc(C(=O)Cn2cc(Cl)c3ccccc32)cc1C. The van der Waals surface area contributed by atoms with E-state index in [2.05, 4.69) is 0 Å². The fraction of sp³-hybridized carbons (Fsp3) is 0.167. The number of benzene rings is 2. The van der Waals surface area contributed by atoms with Crippen molar-refractivity contribution in [1.82, 2.24) is 4.57 Å². The second-order valence-electron chi connectivity index (χ2n) is 5.34. The molecule has 2 nitrogen and oxygen atoms in total. The molecule has 0 N–H and O–H groups in total. The van der Waals surface area contributed by atoms with Gasteiger partial charge >= 0.3 is 0 Å². The van der Waals surface area contributed by atoms with Crippen molar-refractivity contribution in [3.63, 3.8) is 0 Å². The number of ketones is 1. The molecule has 0 aliphatic heterocycles. The minimum Gasteiger partial charge on any atom is -0.338 e. The molecule has 0 saturated carbocycles. The Morgan fingerprint density at radius 1 is 1.10 bits per heavy atom. The van der Waals surface area contributed by atoms with Crippen LogP contribution in [0.3, 0.4) is 0 Å². The lowest BCUT2D eigenvalue weighted by molar-refractivity contribution is 0.0973. The van der Waals surface area contributed by atoms with Gasteiger partial charge in [0, 0.05) is 22.7 Å². The third kappa shape index (κ3) is 2.59. The molecular formula is C18H16ClNO. The number of nitrogens with zero attached hydrogens (tertiary/aromatic N) is 1. The number of aryl methyl sites for hydroxylation is 2. The van der Waals surface area contributed by atoms with Crippen molar-refractivity contribution in [3.8, 4) is 0 Å². The Hall–Kier alpha value is -2.06. The lowest BCUT2D eigenvalue weighted by Crippen LogP contribution is -2.09. The average Bonchev–Trinajstić information content (AvgIpc) is 2.79. The van der Waals surface area contributed by atoms with Gasteiger partial charge in [0.15, 0.2) is 5.78 Å². The van der Waals surface area contributed by atoms with Crippen LogP contribution in [0.1, 0.15) is 21.5 Å². The van der Waals surface area contributed by atoms with Gasteiger partial charge in [-0.25, -0.2) is 0 Å². The predicted octanol–water partition coefficient (Wildman–Crippen LogP) is 4.79. The van der Waals surface area contributed by atoms with Crippen LogP contribution in [0.25, 0.3) is 10.9 Å². The van der Waals surface area contributed by atoms with Gasteiger partial charge in [-0.15, -0.1) is 0 Å². The first-order chi connectivity index (χ1) is 10.1. The molecule has 0 unspecified atom stereocenters. The smallest absolute Gasteiger partial charge is 0.182 e. The topological polar surface area (TPSA) is 22.0 Å². The summed E-state index contributed by atoms with van der Waals surface area (Å²) in [6, 6.07) is 13.7. The van der Waals surface area contributed by atoms with Crippen LogP contribution in [-0.2, 0) is 6.54 Å². The maximum Gasteiger partial charge on any atom is 0.182 e. The molecule has 0 radical (unpaired) electrons. The summed E-state index contributed by atoms with van der Waals surface area (Å²) < 4.78 is 1.91. The van der Waals surface area contributed by atoms with Crippen molar-refractivity contribution in [2.75, 3.05) is 0 Å². The number of carbonyl (C=O) groups is 1. The van der Waals surface area contributed by atoms with Crippen molar-refractivity contribution >= 4 is 28.3 Å². The van der Waals surface area contributed by atoms with E-state index in [-0.39, 0.29) is 5.78 Å². The number of Topliss-reactive ketones (excluding diaryl/α,β-unsaturated/α-hetero) is 1. The van der Waals surface area contributed by atoms with E-state index in [0.29, 0.717) is 11.6 Å². The van der Waals surface area contributed by atoms with E-state index < -0.39 is 0 Å². The number of para-hydroxylation sites is 1. The highest BCUT2D eigenvalue weighted by Gasteiger charge is 2.11. The molecule has 0 aliphatic carbocycles. The number of hydrogen-bond donors (Lipinski definition) is 0. The van der Waals surface area contributed by atoms with Crippen LogP contribution < -0.4 is 0 Å². The highest BCUT2D eigenvalue weighted by atomic mass is 35.5. The Labute approximate surface area is 129 Å². The van der Waals surface area contributed by atoms with E-state index in [1.807, 2.05) is 67.1 Å². The van der Waals surface area contributed by atoms with Gasteiger partial charge in [0.1, 0.15) is 0 Å². The maximum atomic E-state index is 12.5. The van der Waals surface area contributed by atoms with Crippen LogP contribution in [0.2, 0.25) is 5.02 Å². The summed E-state index contributed by atoms with van der Waals surface area (Å²) in [6.07, 6.45) is 1.82. The van der Waals surface area contributed by atoms with Crippen LogP contribution in [0, 0.1) is 13.8 Å². The van der Waals surface area contributed by atoms with Crippen molar-refractivity contribution in [3.05, 3.63) is 70.4 Å². The Kier molecular flexibility index (Phi) is 3.56. The van der Waals surface area contributed by atoms with Crippen molar-refractivity contribution in [2.24, 2.45) is 0 Å². The molecule has 106 valence electrons. The molecule has 3 heteroatoms. The highest BCUT2D eigenvalue weighted by Crippen LogP contribution is 2.25. The fourth-order valence-electron chi connectivity index (χ4n) is 2.49. The van der Waals surface area contributed by atoms with E-state index in [1.54, 1.807) is 0 Å². The number of halogens is 1. The van der Waals surface area contributed by atoms with Gasteiger partial charge in [-0.2, -0.15) is 0 Å². The van der Waals surface area contributed by atoms with Crippen LogP contribution in [0.4, 0.5) is 0 Å². The summed E-state index contributed by atoms with van der Waals surface area (Å²) in [5.74, 6) is 0.0931. The van der Waals surface area contributed by atoms with E-state index in [4.69, 9.17) is 11.6 Å². The van der Waals surface area contributed by atoms with Crippen LogP contribution in [0.5, 0.6) is 0 Å². The summed E-state index contributed by atoms with van der Waals surface area (Å²) in [5.41, 5.74) is 4.06. The lowest BCUT2D eigenvalue weighted by atomic mass is 10.0. The molecule has 1 aromatic heterocycles. The molecule has 0 amide bonds. The van der Waals surface area contributed by atoms with Gasteiger partial charge in [0.05, 0.1) is 11.6 Å². The zero-order valence-corrected chi connectivity index (χ0v) is 12.8. The summed E-state index contributed by atoms with van der Waals surface area (Å²) in [4.78, 5) is 12.5. The molecule has 0 bridgehead atoms. The summed E-state index contributed by atoms with van der Waals surface area (Å²) >= 11 is 6.22. The number of hydrogen-bond acceptors (Lipinski definition) is 1. The number of fused-ring (bicyclic) bond motifs is 1. The first kappa shape index (κ1) is 13.9. The largest absolute Gasteiger partial charge is 0.338 e. The van der Waals surface area contributed by atoms with Gasteiger partial charge in [-0.1, -0.05) is 41.9 Å². The third-order valence-corrected chi connectivity index (χ3v) is 4.18. The molecule has 1 heterocycles. The number of aromatic nitrogens is 1. The van der Waals surface area contributed by atoms with E-state index in [0.717, 1.165) is 22.0 Å². The Balaban J connectivity index is 1.94. The molecular weight excluding hydrogens is 282 g/mol. The van der Waals surface area contributed by atoms with Crippen molar-refractivity contribution < 1.29 is 4.79 Å². The van der Waals surface area contributed by atoms with Gasteiger partial charge in [0.25, 0.3) is 0 Å². The standard InChI is InChI=1S/C18H16ClNO/c1-12-7-8-14(9-13(12)2)18(21)11-20-10-16(19)15-5-3-4-6-17(15)20/h3-10H,11H2,1-2H3. The lowest BCUT2D eigenvalue weighted by Gasteiger charge is -2.07. The molecule has 2 aromatic carbocycles. The number of rotatable bonds is 3. The predicted molar refractivity (Wildman–Crippen MR) is 87.2 cm³/mol. The molecule has 21 heavy (non-hydrogen) atoms. The highest BCUT2D eigenvalue weighted by molar-refractivity contribution is 6.35. The van der Waals surface area contributed by atoms with Crippen LogP contribution in [-0.4, -0.2) is 10.4 Å². The van der Waals surface area contributed by atoms with E-state index >= 15 is 0 Å². The third-order valence-electron chi connectivity index (χ3n) is 3.88. The maximum absolute atomic E-state index is 12.5. The molecule has 3 rings (SSSR count). The van der Waals surface area contributed by atoms with Crippen molar-refractivity contribution in [2.45, 2.75) is 20.4 Å². The van der Waals surface area contributed by atoms with Crippen LogP contribution >= 0.6 is 11.6 Å². The second-order valence-corrected chi connectivity index (χ2v) is 5.75. The monoisotopic (exact) mass is 297 g/mol. The Bertz CT molecular complexity index is 832. The zero-order valence-electron chi connectivity index (χ0n) is 12.1. The van der Waals surface area contributed by atoms with E-state index in [1.165, 1.54) is 5.56 Å². The van der Waals surface area contributed by atoms with Crippen molar-refractivity contribution in [1.29, 1.82) is 0 Å². The Morgan fingerprint density at radius 2 is 1.86 bits per heavy atom. The van der Waals surface area contributed by atoms with Crippen LogP contribution in [0.15, 0.2) is 48.7 Å². The quantitative estimate of drug-likeness (QED) is 0.637. The average molecular weight is 298 g/mol. The molecule has 3 aromatic rings. The first-order valence-electron chi connectivity index (χ1n) is 6.90. The Morgan fingerprint density at radius 3 is 2.62 bits per heavy atom. The summed E-state index contributed by atoms with van der Waals surface area (Å²) in [6.45, 7) is 4.37. The second kappa shape index (κ2) is 5.38. The fourth-order valence-corrected chi connectivity index (χ4v) is 2.77. The molecule has 0 fully saturated rings. The zero-order chi connectivity index (χ0) is 15.0. The summed E-state index contributed by atoms with van der Waals surface area (Å²) in [5, 5.41) is 1.66.